The number of thiazole rings is 1. The van der Waals surface area contributed by atoms with Crippen molar-refractivity contribution in [2.75, 3.05) is 11.9 Å². The Labute approximate surface area is 160 Å². The van der Waals surface area contributed by atoms with Crippen molar-refractivity contribution in [3.05, 3.63) is 69.8 Å². The molecule has 6 heteroatoms. The SMILES string of the molecule is C(#Cc1csc(Cc2ccccc2)n1)CCNc1ncnc2sccc12. The van der Waals surface area contributed by atoms with Crippen LogP contribution < -0.4 is 5.32 Å². The molecule has 0 amide bonds. The molecule has 4 rings (SSSR count). The summed E-state index contributed by atoms with van der Waals surface area (Å²) in [7, 11) is 0. The number of hydrogen-bond acceptors (Lipinski definition) is 6. The zero-order valence-electron chi connectivity index (χ0n) is 14.0. The second kappa shape index (κ2) is 8.09. The van der Waals surface area contributed by atoms with E-state index in [9.17, 15) is 0 Å². The van der Waals surface area contributed by atoms with E-state index in [2.05, 4.69) is 56.4 Å². The average molecular weight is 377 g/mol. The van der Waals surface area contributed by atoms with Gasteiger partial charge in [0.1, 0.15) is 22.7 Å². The molecule has 3 aromatic heterocycles. The third-order valence-corrected chi connectivity index (χ3v) is 5.44. The van der Waals surface area contributed by atoms with E-state index >= 15 is 0 Å². The summed E-state index contributed by atoms with van der Waals surface area (Å²) < 4.78 is 0. The van der Waals surface area contributed by atoms with Gasteiger partial charge in [0.05, 0.1) is 10.4 Å². The fourth-order valence-corrected chi connectivity index (χ4v) is 4.04. The number of rotatable bonds is 5. The van der Waals surface area contributed by atoms with Gasteiger partial charge in [0.2, 0.25) is 0 Å². The Hall–Kier alpha value is -2.75. The molecule has 0 aliphatic heterocycles. The largest absolute Gasteiger partial charge is 0.368 e. The molecule has 0 aliphatic carbocycles. The predicted molar refractivity (Wildman–Crippen MR) is 109 cm³/mol. The van der Waals surface area contributed by atoms with Gasteiger partial charge >= 0.3 is 0 Å². The molecule has 0 saturated heterocycles. The zero-order chi connectivity index (χ0) is 17.6. The molecule has 4 nitrogen and oxygen atoms in total. The van der Waals surface area contributed by atoms with Crippen molar-refractivity contribution in [3.63, 3.8) is 0 Å². The van der Waals surface area contributed by atoms with E-state index in [1.54, 1.807) is 29.0 Å². The summed E-state index contributed by atoms with van der Waals surface area (Å²) in [6, 6.07) is 12.4. The maximum Gasteiger partial charge on any atom is 0.138 e. The highest BCUT2D eigenvalue weighted by Gasteiger charge is 2.03. The Morgan fingerprint density at radius 1 is 1.04 bits per heavy atom. The van der Waals surface area contributed by atoms with Crippen LogP contribution in [0.1, 0.15) is 22.7 Å². The molecule has 1 N–H and O–H groups in total. The van der Waals surface area contributed by atoms with Crippen LogP contribution in [-0.4, -0.2) is 21.5 Å². The molecule has 0 spiro atoms. The number of aromatic nitrogens is 3. The second-order valence-corrected chi connectivity index (χ2v) is 7.47. The van der Waals surface area contributed by atoms with Crippen molar-refractivity contribution >= 4 is 38.7 Å². The molecule has 4 aromatic rings. The third-order valence-electron chi connectivity index (χ3n) is 3.77. The minimum absolute atomic E-state index is 0.737. The maximum atomic E-state index is 4.60. The van der Waals surface area contributed by atoms with E-state index in [0.29, 0.717) is 0 Å². The van der Waals surface area contributed by atoms with E-state index in [1.807, 2.05) is 22.9 Å². The molecule has 26 heavy (non-hydrogen) atoms. The van der Waals surface area contributed by atoms with Crippen molar-refractivity contribution in [3.8, 4) is 11.8 Å². The zero-order valence-corrected chi connectivity index (χ0v) is 15.6. The Kier molecular flexibility index (Phi) is 5.19. The normalized spacial score (nSPS) is 10.5. The van der Waals surface area contributed by atoms with Gasteiger partial charge in [-0.25, -0.2) is 15.0 Å². The second-order valence-electron chi connectivity index (χ2n) is 5.63. The first-order valence-electron chi connectivity index (χ1n) is 8.28. The van der Waals surface area contributed by atoms with Crippen molar-refractivity contribution in [1.29, 1.82) is 0 Å². The van der Waals surface area contributed by atoms with Crippen LogP contribution in [0.15, 0.2) is 53.5 Å². The number of nitrogens with zero attached hydrogens (tertiary/aromatic N) is 3. The Morgan fingerprint density at radius 2 is 1.96 bits per heavy atom. The van der Waals surface area contributed by atoms with Gasteiger partial charge in [-0.05, 0) is 22.9 Å². The average Bonchev–Trinajstić information content (AvgIpc) is 3.32. The Morgan fingerprint density at radius 3 is 2.88 bits per heavy atom. The van der Waals surface area contributed by atoms with Gasteiger partial charge in [-0.3, -0.25) is 0 Å². The molecule has 0 radical (unpaired) electrons. The molecule has 0 unspecified atom stereocenters. The number of hydrogen-bond donors (Lipinski definition) is 1. The van der Waals surface area contributed by atoms with Crippen LogP contribution in [0.4, 0.5) is 5.82 Å². The lowest BCUT2D eigenvalue weighted by Gasteiger charge is -2.03. The highest BCUT2D eigenvalue weighted by atomic mass is 32.1. The monoisotopic (exact) mass is 376 g/mol. The molecule has 128 valence electrons. The van der Waals surface area contributed by atoms with Crippen LogP contribution >= 0.6 is 22.7 Å². The summed E-state index contributed by atoms with van der Waals surface area (Å²) in [5.74, 6) is 7.20. The van der Waals surface area contributed by atoms with Crippen LogP contribution in [0, 0.1) is 11.8 Å². The summed E-state index contributed by atoms with van der Waals surface area (Å²) in [6.45, 7) is 0.746. The topological polar surface area (TPSA) is 50.7 Å². The molecule has 0 aliphatic rings. The lowest BCUT2D eigenvalue weighted by Crippen LogP contribution is -2.02. The van der Waals surface area contributed by atoms with E-state index in [1.165, 1.54) is 5.56 Å². The van der Waals surface area contributed by atoms with Gasteiger partial charge in [-0.2, -0.15) is 0 Å². The summed E-state index contributed by atoms with van der Waals surface area (Å²) >= 11 is 3.28. The molecule has 3 heterocycles. The van der Waals surface area contributed by atoms with Gasteiger partial charge in [0, 0.05) is 24.8 Å². The van der Waals surface area contributed by atoms with Gasteiger partial charge in [-0.1, -0.05) is 36.3 Å². The maximum absolute atomic E-state index is 4.60. The Bertz CT molecular complexity index is 1060. The molecule has 1 aromatic carbocycles. The smallest absolute Gasteiger partial charge is 0.138 e. The minimum atomic E-state index is 0.737. The predicted octanol–water partition coefficient (Wildman–Crippen LogP) is 4.59. The van der Waals surface area contributed by atoms with Gasteiger partial charge in [0.15, 0.2) is 0 Å². The van der Waals surface area contributed by atoms with Crippen molar-refractivity contribution in [1.82, 2.24) is 15.0 Å². The van der Waals surface area contributed by atoms with Gasteiger partial charge in [0.25, 0.3) is 0 Å². The summed E-state index contributed by atoms with van der Waals surface area (Å²) in [5, 5.41) is 9.55. The first-order valence-corrected chi connectivity index (χ1v) is 10.0. The van der Waals surface area contributed by atoms with Crippen molar-refractivity contribution in [2.45, 2.75) is 12.8 Å². The number of anilines is 1. The molecule has 0 atom stereocenters. The lowest BCUT2D eigenvalue weighted by molar-refractivity contribution is 1.07. The molecule has 0 fully saturated rings. The first kappa shape index (κ1) is 16.7. The van der Waals surface area contributed by atoms with E-state index in [-0.39, 0.29) is 0 Å². The third kappa shape index (κ3) is 4.07. The highest BCUT2D eigenvalue weighted by molar-refractivity contribution is 7.16. The Balaban J connectivity index is 1.31. The van der Waals surface area contributed by atoms with Crippen molar-refractivity contribution in [2.24, 2.45) is 0 Å². The fraction of sp³-hybridized carbons (Fsp3) is 0.150. The van der Waals surface area contributed by atoms with Gasteiger partial charge in [-0.15, -0.1) is 22.7 Å². The molecule has 0 saturated carbocycles. The van der Waals surface area contributed by atoms with E-state index < -0.39 is 0 Å². The number of nitrogens with one attached hydrogen (secondary N) is 1. The summed E-state index contributed by atoms with van der Waals surface area (Å²) in [6.07, 6.45) is 3.19. The van der Waals surface area contributed by atoms with Crippen molar-refractivity contribution < 1.29 is 0 Å². The summed E-state index contributed by atoms with van der Waals surface area (Å²) in [4.78, 5) is 14.2. The van der Waals surface area contributed by atoms with Gasteiger partial charge < -0.3 is 5.32 Å². The van der Waals surface area contributed by atoms with E-state index in [4.69, 9.17) is 0 Å². The van der Waals surface area contributed by atoms with E-state index in [0.717, 1.165) is 46.1 Å². The molecular weight excluding hydrogens is 360 g/mol. The lowest BCUT2D eigenvalue weighted by atomic mass is 10.2. The van der Waals surface area contributed by atoms with Crippen LogP contribution in [0.2, 0.25) is 0 Å². The summed E-state index contributed by atoms with van der Waals surface area (Å²) in [5.41, 5.74) is 2.12. The number of benzene rings is 1. The standard InChI is InChI=1S/C20H16N4S2/c1-2-6-15(7-3-1)12-18-24-16(13-26-18)8-4-5-10-21-19-17-9-11-25-20(17)23-14-22-19/h1-3,6-7,9,11,13-14H,5,10,12H2,(H,21,22,23). The van der Waals surface area contributed by atoms with Crippen LogP contribution in [-0.2, 0) is 6.42 Å². The first-order chi connectivity index (χ1) is 12.9. The number of thiophene rings is 1. The fourth-order valence-electron chi connectivity index (χ4n) is 2.55. The number of fused-ring (bicyclic) bond motifs is 1. The molecule has 0 bridgehead atoms. The highest BCUT2D eigenvalue weighted by Crippen LogP contribution is 2.23. The minimum Gasteiger partial charge on any atom is -0.368 e. The molecular formula is C20H16N4S2. The van der Waals surface area contributed by atoms with Crippen LogP contribution in [0.5, 0.6) is 0 Å². The van der Waals surface area contributed by atoms with Crippen LogP contribution in [0.25, 0.3) is 10.2 Å². The quantitative estimate of drug-likeness (QED) is 0.409. The van der Waals surface area contributed by atoms with Crippen LogP contribution in [0.3, 0.4) is 0 Å².